The van der Waals surface area contributed by atoms with Crippen molar-refractivity contribution in [1.29, 1.82) is 0 Å². The Morgan fingerprint density at radius 1 is 1.17 bits per heavy atom. The number of carbonyl (C=O) groups excluding carboxylic acids is 2. The second-order valence-corrected chi connectivity index (χ2v) is 7.51. The molecule has 0 saturated carbocycles. The first-order valence-corrected chi connectivity index (χ1v) is 9.06. The third-order valence-electron chi connectivity index (χ3n) is 4.28. The van der Waals surface area contributed by atoms with Crippen LogP contribution >= 0.6 is 24.8 Å². The van der Waals surface area contributed by atoms with Crippen molar-refractivity contribution in [2.24, 2.45) is 17.1 Å². The quantitative estimate of drug-likeness (QED) is 0.370. The first kappa shape index (κ1) is 27.7. The molecule has 0 saturated heterocycles. The normalized spacial score (nSPS) is 11.9. The van der Waals surface area contributed by atoms with E-state index in [4.69, 9.17) is 15.2 Å². The van der Waals surface area contributed by atoms with Crippen LogP contribution in [0, 0.1) is 11.3 Å². The Morgan fingerprint density at radius 2 is 1.83 bits per heavy atom. The molecule has 0 aliphatic heterocycles. The molecule has 0 spiro atoms. The van der Waals surface area contributed by atoms with Crippen LogP contribution < -0.4 is 5.73 Å². The minimum atomic E-state index is -0.588. The summed E-state index contributed by atoms with van der Waals surface area (Å²) in [6.07, 6.45) is 8.33. The van der Waals surface area contributed by atoms with Crippen molar-refractivity contribution < 1.29 is 19.1 Å². The van der Waals surface area contributed by atoms with Gasteiger partial charge in [-0.15, -0.1) is 24.8 Å². The van der Waals surface area contributed by atoms with Gasteiger partial charge in [-0.2, -0.15) is 0 Å². The van der Waals surface area contributed by atoms with Gasteiger partial charge in [-0.1, -0.05) is 45.0 Å². The van der Waals surface area contributed by atoms with Crippen molar-refractivity contribution in [1.82, 2.24) is 9.55 Å². The van der Waals surface area contributed by atoms with E-state index in [1.165, 1.54) is 6.08 Å². The van der Waals surface area contributed by atoms with Gasteiger partial charge in [0.1, 0.15) is 0 Å². The molecule has 30 heavy (non-hydrogen) atoms. The molecule has 1 aromatic carbocycles. The summed E-state index contributed by atoms with van der Waals surface area (Å²) in [5.41, 5.74) is 7.29. The second-order valence-electron chi connectivity index (χ2n) is 7.51. The van der Waals surface area contributed by atoms with Gasteiger partial charge in [0.15, 0.2) is 0 Å². The number of halogens is 2. The van der Waals surface area contributed by atoms with E-state index in [0.29, 0.717) is 0 Å². The molecule has 1 atom stereocenters. The Kier molecular flexibility index (Phi) is 12.0. The number of benzene rings is 1. The number of aromatic nitrogens is 2. The molecule has 0 fully saturated rings. The van der Waals surface area contributed by atoms with Crippen molar-refractivity contribution in [3.05, 3.63) is 60.2 Å². The van der Waals surface area contributed by atoms with Crippen molar-refractivity contribution in [3.8, 4) is 0 Å². The lowest BCUT2D eigenvalue weighted by Gasteiger charge is -2.27. The number of carbonyl (C=O) groups is 2. The monoisotopic (exact) mass is 457 g/mol. The van der Waals surface area contributed by atoms with E-state index in [2.05, 4.69) is 4.98 Å². The van der Waals surface area contributed by atoms with E-state index >= 15 is 0 Å². The maximum Gasteiger partial charge on any atom is 0.333 e. The number of nitrogens with two attached hydrogens (primary N) is 1. The lowest BCUT2D eigenvalue weighted by molar-refractivity contribution is -0.169. The zero-order valence-electron chi connectivity index (χ0n) is 17.3. The number of hydrogen-bond acceptors (Lipinski definition) is 6. The number of rotatable bonds is 8. The Labute approximate surface area is 189 Å². The largest absolute Gasteiger partial charge is 0.428 e. The van der Waals surface area contributed by atoms with E-state index in [9.17, 15) is 9.59 Å². The third-order valence-corrected chi connectivity index (χ3v) is 4.28. The molecule has 0 bridgehead atoms. The van der Waals surface area contributed by atoms with Gasteiger partial charge in [-0.25, -0.2) is 9.78 Å². The maximum atomic E-state index is 12.0. The number of nitrogens with zero attached hydrogens (tertiary/aromatic N) is 2. The highest BCUT2D eigenvalue weighted by atomic mass is 35.5. The van der Waals surface area contributed by atoms with Gasteiger partial charge in [0.05, 0.1) is 12.2 Å². The van der Waals surface area contributed by atoms with Crippen LogP contribution in [0.1, 0.15) is 31.9 Å². The van der Waals surface area contributed by atoms with E-state index in [-0.39, 0.29) is 36.8 Å². The third kappa shape index (κ3) is 8.98. The first-order chi connectivity index (χ1) is 13.3. The van der Waals surface area contributed by atoms with E-state index in [0.717, 1.165) is 17.7 Å². The minimum Gasteiger partial charge on any atom is -0.428 e. The average molecular weight is 458 g/mol. The predicted molar refractivity (Wildman–Crippen MR) is 120 cm³/mol. The topological polar surface area (TPSA) is 96.4 Å². The standard InChI is InChI=1S/C21H27N3O4.2ClH/c1-21(2,3)18(12-22)20(26)28-15-27-19(25)9-8-16-4-6-17(7-5-16)13-24-11-10-23-14-24;;/h4-11,14,18H,12-13,15,22H2,1-3H3;2*1H/b9-8+;;. The number of hydrogen-bond donors (Lipinski definition) is 1. The Hall–Kier alpha value is -2.35. The summed E-state index contributed by atoms with van der Waals surface area (Å²) in [6.45, 7) is 6.19. The highest BCUT2D eigenvalue weighted by molar-refractivity contribution is 5.87. The van der Waals surface area contributed by atoms with Crippen molar-refractivity contribution in [2.45, 2.75) is 27.3 Å². The van der Waals surface area contributed by atoms with Gasteiger partial charge in [-0.05, 0) is 22.6 Å². The number of esters is 2. The maximum absolute atomic E-state index is 12.0. The SMILES string of the molecule is CC(C)(C)C(CN)C(=O)OCOC(=O)/C=C/c1ccc(Cn2ccnc2)cc1.Cl.Cl. The molecule has 1 aromatic heterocycles. The van der Waals surface area contributed by atoms with Crippen molar-refractivity contribution in [2.75, 3.05) is 13.3 Å². The van der Waals surface area contributed by atoms with Crippen LogP contribution in [0.4, 0.5) is 0 Å². The predicted octanol–water partition coefficient (Wildman–Crippen LogP) is 3.45. The van der Waals surface area contributed by atoms with Crippen molar-refractivity contribution >= 4 is 42.8 Å². The number of imidazole rings is 1. The summed E-state index contributed by atoms with van der Waals surface area (Å²) >= 11 is 0. The molecular weight excluding hydrogens is 429 g/mol. The summed E-state index contributed by atoms with van der Waals surface area (Å²) in [7, 11) is 0. The van der Waals surface area contributed by atoms with Crippen LogP contribution in [0.25, 0.3) is 6.08 Å². The lowest BCUT2D eigenvalue weighted by Crippen LogP contribution is -2.36. The molecule has 2 N–H and O–H groups in total. The van der Waals surface area contributed by atoms with E-state index in [1.54, 1.807) is 18.6 Å². The molecule has 0 radical (unpaired) electrons. The molecule has 0 aliphatic rings. The van der Waals surface area contributed by atoms with Crippen LogP contribution in [0.5, 0.6) is 0 Å². The Balaban J connectivity index is 0.00000420. The van der Waals surface area contributed by atoms with E-state index in [1.807, 2.05) is 55.8 Å². The van der Waals surface area contributed by atoms with Crippen molar-refractivity contribution in [3.63, 3.8) is 0 Å². The zero-order chi connectivity index (χ0) is 20.6. The van der Waals surface area contributed by atoms with Gasteiger partial charge in [0, 0.05) is 31.6 Å². The summed E-state index contributed by atoms with van der Waals surface area (Å²) in [6, 6.07) is 7.77. The Bertz CT molecular complexity index is 801. The molecule has 9 heteroatoms. The first-order valence-electron chi connectivity index (χ1n) is 9.06. The van der Waals surface area contributed by atoms with Crippen LogP contribution in [0.3, 0.4) is 0 Å². The summed E-state index contributed by atoms with van der Waals surface area (Å²) < 4.78 is 11.9. The molecule has 1 heterocycles. The smallest absolute Gasteiger partial charge is 0.333 e. The molecule has 1 unspecified atom stereocenters. The number of ether oxygens (including phenoxy) is 2. The van der Waals surface area contributed by atoms with Crippen LogP contribution in [0.15, 0.2) is 49.1 Å². The van der Waals surface area contributed by atoms with Crippen LogP contribution in [0.2, 0.25) is 0 Å². The molecule has 0 aliphatic carbocycles. The van der Waals surface area contributed by atoms with Crippen LogP contribution in [-0.4, -0.2) is 34.8 Å². The average Bonchev–Trinajstić information content (AvgIpc) is 3.13. The van der Waals surface area contributed by atoms with Gasteiger partial charge < -0.3 is 19.8 Å². The van der Waals surface area contributed by atoms with Gasteiger partial charge >= 0.3 is 11.9 Å². The molecular formula is C21H29Cl2N3O4. The summed E-state index contributed by atoms with van der Waals surface area (Å²) in [5, 5.41) is 0. The van der Waals surface area contributed by atoms with Crippen LogP contribution in [-0.2, 0) is 25.6 Å². The highest BCUT2D eigenvalue weighted by Crippen LogP contribution is 2.26. The lowest BCUT2D eigenvalue weighted by atomic mass is 9.81. The summed E-state index contributed by atoms with van der Waals surface area (Å²) in [4.78, 5) is 27.8. The van der Waals surface area contributed by atoms with Gasteiger partial charge in [0.2, 0.25) is 6.79 Å². The highest BCUT2D eigenvalue weighted by Gasteiger charge is 2.31. The minimum absolute atomic E-state index is 0. The molecule has 0 amide bonds. The van der Waals surface area contributed by atoms with Gasteiger partial charge in [-0.3, -0.25) is 4.79 Å². The molecule has 2 rings (SSSR count). The summed E-state index contributed by atoms with van der Waals surface area (Å²) in [5.74, 6) is -1.52. The molecule has 166 valence electrons. The zero-order valence-corrected chi connectivity index (χ0v) is 18.9. The van der Waals surface area contributed by atoms with E-state index < -0.39 is 24.6 Å². The Morgan fingerprint density at radius 3 is 2.37 bits per heavy atom. The molecule has 2 aromatic rings. The fraction of sp³-hybridized carbons (Fsp3) is 0.381. The fourth-order valence-electron chi connectivity index (χ4n) is 2.59. The fourth-order valence-corrected chi connectivity index (χ4v) is 2.59. The van der Waals surface area contributed by atoms with Gasteiger partial charge in [0.25, 0.3) is 0 Å². The molecule has 7 nitrogen and oxygen atoms in total. The second kappa shape index (κ2) is 13.1.